The fraction of sp³-hybridized carbons (Fsp3) is 0.243. The summed E-state index contributed by atoms with van der Waals surface area (Å²) >= 11 is 0. The molecule has 5 nitrogen and oxygen atoms in total. The number of rotatable bonds is 5. The molecule has 2 aromatic carbocycles. The Balaban J connectivity index is 1.40. The highest BCUT2D eigenvalue weighted by Crippen LogP contribution is 2.41. The smallest absolute Gasteiger partial charge is 0.213 e. The zero-order valence-electron chi connectivity index (χ0n) is 24.4. The number of alkyl halides is 1. The predicted octanol–water partition coefficient (Wildman–Crippen LogP) is 7.69. The summed E-state index contributed by atoms with van der Waals surface area (Å²) in [5, 5.41) is 13.4. The molecule has 4 aromatic rings. The number of hydrogen-bond acceptors (Lipinski definition) is 5. The topological polar surface area (TPSA) is 58.5 Å². The predicted molar refractivity (Wildman–Crippen MR) is 171 cm³/mol. The van der Waals surface area contributed by atoms with Crippen molar-refractivity contribution >= 4 is 27.1 Å². The first-order valence-electron chi connectivity index (χ1n) is 14.8. The quantitative estimate of drug-likeness (QED) is 0.243. The maximum atomic E-state index is 14.9. The van der Waals surface area contributed by atoms with Gasteiger partial charge in [0.1, 0.15) is 24.3 Å². The lowest BCUT2D eigenvalue weighted by Gasteiger charge is -2.31. The van der Waals surface area contributed by atoms with Crippen molar-refractivity contribution in [3.05, 3.63) is 102 Å². The zero-order valence-corrected chi connectivity index (χ0v) is 24.4. The molecule has 2 aliphatic heterocycles. The van der Waals surface area contributed by atoms with E-state index in [4.69, 9.17) is 16.1 Å². The lowest BCUT2D eigenvalue weighted by Crippen LogP contribution is -2.43. The van der Waals surface area contributed by atoms with E-state index < -0.39 is 12.0 Å². The molecular formula is C37H31F2N3O2. The monoisotopic (exact) mass is 587 g/mol. The first-order chi connectivity index (χ1) is 21.3. The second kappa shape index (κ2) is 11.0. The van der Waals surface area contributed by atoms with E-state index in [0.29, 0.717) is 53.2 Å². The average molecular weight is 588 g/mol. The maximum Gasteiger partial charge on any atom is 0.213 e. The molecule has 3 aliphatic rings. The Morgan fingerprint density at radius 3 is 2.91 bits per heavy atom. The Kier molecular flexibility index (Phi) is 7.02. The van der Waals surface area contributed by atoms with Gasteiger partial charge >= 0.3 is 0 Å². The Morgan fingerprint density at radius 1 is 1.16 bits per heavy atom. The maximum absolute atomic E-state index is 14.9. The Bertz CT molecular complexity index is 1990. The van der Waals surface area contributed by atoms with Crippen LogP contribution in [0.25, 0.3) is 38.4 Å². The van der Waals surface area contributed by atoms with E-state index in [1.807, 2.05) is 55.5 Å². The van der Waals surface area contributed by atoms with Crippen LogP contribution in [0.4, 0.5) is 8.78 Å². The van der Waals surface area contributed by atoms with Crippen LogP contribution in [-0.4, -0.2) is 51.4 Å². The third-order valence-electron chi connectivity index (χ3n) is 8.93. The molecule has 0 amide bonds. The molecule has 7 rings (SSSR count). The molecule has 7 heteroatoms. The molecule has 0 radical (unpaired) electrons. The number of aromatic nitrogens is 2. The highest BCUT2D eigenvalue weighted by molar-refractivity contribution is 6.04. The summed E-state index contributed by atoms with van der Waals surface area (Å²) in [6, 6.07) is 9.79. The number of fused-ring (bicyclic) bond motifs is 3. The molecule has 0 saturated carbocycles. The van der Waals surface area contributed by atoms with Gasteiger partial charge in [0, 0.05) is 47.1 Å². The van der Waals surface area contributed by atoms with Gasteiger partial charge in [-0.25, -0.2) is 18.7 Å². The second-order valence-electron chi connectivity index (χ2n) is 11.9. The summed E-state index contributed by atoms with van der Waals surface area (Å²) in [4.78, 5) is 11.9. The van der Waals surface area contributed by atoms with Gasteiger partial charge in [0.15, 0.2) is 0 Å². The van der Waals surface area contributed by atoms with E-state index in [0.717, 1.165) is 41.3 Å². The van der Waals surface area contributed by atoms with Crippen LogP contribution in [-0.2, 0) is 0 Å². The minimum atomic E-state index is -0.841. The van der Waals surface area contributed by atoms with Crippen LogP contribution in [0.5, 0.6) is 11.6 Å². The summed E-state index contributed by atoms with van der Waals surface area (Å²) in [6.07, 6.45) is 21.0. The summed E-state index contributed by atoms with van der Waals surface area (Å²) in [5.74, 6) is 2.42. The van der Waals surface area contributed by atoms with Gasteiger partial charge in [-0.2, -0.15) is 0 Å². The molecule has 2 fully saturated rings. The van der Waals surface area contributed by atoms with E-state index in [9.17, 15) is 13.9 Å². The molecule has 0 bridgehead atoms. The third-order valence-corrected chi connectivity index (χ3v) is 8.93. The standard InChI is InChI=1S/C37H31F2N3O2/c1-3-29-32(39)11-10-24-15-28(43)18-30(35(24)29)33-16-26-17-34(44-22-37-12-7-13-42(37)21-27(38)19-37)40-20-31(26)36(41-33)25-9-6-4-5-8-23(2)14-25/h1,4-6,8-11,14-18,20,27,43H,7,12-13,19,21-22H2,2H3/b5-4-,6-4?,8-5?,9-6-,23-8-,23-14?,25-9?,25-14+/t27-,37?/m1/s1. The van der Waals surface area contributed by atoms with Gasteiger partial charge in [-0.1, -0.05) is 47.9 Å². The van der Waals surface area contributed by atoms with Gasteiger partial charge in [0.2, 0.25) is 5.88 Å². The van der Waals surface area contributed by atoms with Gasteiger partial charge in [0.05, 0.1) is 22.5 Å². The van der Waals surface area contributed by atoms with E-state index >= 15 is 0 Å². The van der Waals surface area contributed by atoms with Crippen molar-refractivity contribution in [3.8, 4) is 35.2 Å². The zero-order chi connectivity index (χ0) is 30.4. The number of phenolic OH excluding ortho intramolecular Hbond substituents is 1. The highest BCUT2D eigenvalue weighted by Gasteiger charge is 2.49. The van der Waals surface area contributed by atoms with E-state index in [1.54, 1.807) is 24.4 Å². The van der Waals surface area contributed by atoms with Gasteiger partial charge in [-0.05, 0) is 67.4 Å². The first kappa shape index (κ1) is 28.0. The van der Waals surface area contributed by atoms with Gasteiger partial charge < -0.3 is 9.84 Å². The van der Waals surface area contributed by atoms with Crippen molar-refractivity contribution in [2.24, 2.45) is 0 Å². The molecular weight excluding hydrogens is 556 g/mol. The summed E-state index contributed by atoms with van der Waals surface area (Å²) in [5.41, 5.74) is 3.40. The number of pyridine rings is 2. The Labute approximate surface area is 254 Å². The van der Waals surface area contributed by atoms with Crippen LogP contribution in [0.2, 0.25) is 0 Å². The number of benzene rings is 2. The molecule has 1 unspecified atom stereocenters. The molecule has 2 saturated heterocycles. The fourth-order valence-corrected chi connectivity index (χ4v) is 6.91. The normalized spacial score (nSPS) is 25.4. The molecule has 44 heavy (non-hydrogen) atoms. The average Bonchev–Trinajstić information content (AvgIpc) is 3.52. The van der Waals surface area contributed by atoms with Crippen molar-refractivity contribution in [3.63, 3.8) is 0 Å². The molecule has 2 atom stereocenters. The van der Waals surface area contributed by atoms with Crippen LogP contribution < -0.4 is 4.74 Å². The Morgan fingerprint density at radius 2 is 2.05 bits per heavy atom. The molecule has 1 N–H and O–H groups in total. The number of hydrogen-bond donors (Lipinski definition) is 1. The number of terminal acetylenes is 1. The van der Waals surface area contributed by atoms with Crippen LogP contribution in [0.1, 0.15) is 37.4 Å². The minimum absolute atomic E-state index is 0.0152. The summed E-state index contributed by atoms with van der Waals surface area (Å²) in [6.45, 7) is 3.72. The van der Waals surface area contributed by atoms with Gasteiger partial charge in [0.25, 0.3) is 0 Å². The summed E-state index contributed by atoms with van der Waals surface area (Å²) < 4.78 is 35.6. The van der Waals surface area contributed by atoms with E-state index in [2.05, 4.69) is 15.8 Å². The largest absolute Gasteiger partial charge is 0.508 e. The lowest BCUT2D eigenvalue weighted by atomic mass is 9.94. The summed E-state index contributed by atoms with van der Waals surface area (Å²) in [7, 11) is 0. The number of aromatic hydroxyl groups is 1. The molecule has 2 aromatic heterocycles. The van der Waals surface area contributed by atoms with Crippen LogP contribution in [0.3, 0.4) is 0 Å². The van der Waals surface area contributed by atoms with E-state index in [-0.39, 0.29) is 16.9 Å². The Hall–Kier alpha value is -4.80. The second-order valence-corrected chi connectivity index (χ2v) is 11.9. The number of ether oxygens (including phenoxy) is 1. The van der Waals surface area contributed by atoms with Crippen molar-refractivity contribution in [1.82, 2.24) is 14.9 Å². The van der Waals surface area contributed by atoms with Gasteiger partial charge in [-0.3, -0.25) is 4.90 Å². The number of phenols is 1. The fourth-order valence-electron chi connectivity index (χ4n) is 6.91. The van der Waals surface area contributed by atoms with Crippen LogP contribution in [0, 0.1) is 18.2 Å². The van der Waals surface area contributed by atoms with Crippen molar-refractivity contribution in [2.45, 2.75) is 37.9 Å². The molecule has 0 spiro atoms. The van der Waals surface area contributed by atoms with Gasteiger partial charge in [-0.15, -0.1) is 6.42 Å². The number of nitrogens with zero attached hydrogens (tertiary/aromatic N) is 3. The SMILES string of the molecule is C#Cc1c(F)ccc2cc(O)cc(-c3cc4cc(OCC56CCCN5C[C@H](F)C6)ncc4c(C4=C/C(C)=C\C=C/C=C\4)n3)c12. The van der Waals surface area contributed by atoms with Crippen molar-refractivity contribution < 1.29 is 18.6 Å². The first-order valence-corrected chi connectivity index (χ1v) is 14.8. The van der Waals surface area contributed by atoms with Crippen molar-refractivity contribution in [1.29, 1.82) is 0 Å². The van der Waals surface area contributed by atoms with Crippen LogP contribution >= 0.6 is 0 Å². The number of halogens is 2. The number of allylic oxidation sites excluding steroid dienone is 8. The third kappa shape index (κ3) is 4.95. The molecule has 4 heterocycles. The van der Waals surface area contributed by atoms with Crippen molar-refractivity contribution in [2.75, 3.05) is 19.7 Å². The lowest BCUT2D eigenvalue weighted by molar-refractivity contribution is 0.111. The van der Waals surface area contributed by atoms with E-state index in [1.165, 1.54) is 6.07 Å². The van der Waals surface area contributed by atoms with Crippen LogP contribution in [0.15, 0.2) is 84.6 Å². The molecule has 220 valence electrons. The highest BCUT2D eigenvalue weighted by atomic mass is 19.1. The minimum Gasteiger partial charge on any atom is -0.508 e. The molecule has 1 aliphatic carbocycles.